The average molecular weight is 411 g/mol. The summed E-state index contributed by atoms with van der Waals surface area (Å²) >= 11 is 0. The summed E-state index contributed by atoms with van der Waals surface area (Å²) in [6, 6.07) is 16.5. The lowest BCUT2D eigenvalue weighted by molar-refractivity contribution is -0.274. The maximum atomic E-state index is 12.3. The Kier molecular flexibility index (Phi) is 5.59. The van der Waals surface area contributed by atoms with Gasteiger partial charge in [0.15, 0.2) is 0 Å². The number of fused-ring (bicyclic) bond motifs is 1. The molecular formula is C19H16F3NO4S. The molecule has 0 aliphatic carbocycles. The van der Waals surface area contributed by atoms with Crippen molar-refractivity contribution in [3.05, 3.63) is 72.3 Å². The fraction of sp³-hybridized carbons (Fsp3) is 0.158. The molecule has 148 valence electrons. The summed E-state index contributed by atoms with van der Waals surface area (Å²) in [4.78, 5) is -0.243. The predicted molar refractivity (Wildman–Crippen MR) is 97.2 cm³/mol. The lowest BCUT2D eigenvalue weighted by atomic mass is 10.0. The van der Waals surface area contributed by atoms with Gasteiger partial charge < -0.3 is 9.84 Å². The highest BCUT2D eigenvalue weighted by molar-refractivity contribution is 7.89. The molecule has 3 aromatic carbocycles. The number of ether oxygens (including phenoxy) is 1. The van der Waals surface area contributed by atoms with Crippen LogP contribution in [0.25, 0.3) is 10.8 Å². The van der Waals surface area contributed by atoms with Crippen molar-refractivity contribution in [2.45, 2.75) is 17.4 Å². The van der Waals surface area contributed by atoms with Crippen molar-refractivity contribution in [2.24, 2.45) is 0 Å². The van der Waals surface area contributed by atoms with Crippen LogP contribution in [0.3, 0.4) is 0 Å². The molecule has 0 fully saturated rings. The summed E-state index contributed by atoms with van der Waals surface area (Å²) in [5.41, 5.74) is 0.565. The van der Waals surface area contributed by atoms with Crippen LogP contribution in [0.2, 0.25) is 0 Å². The molecule has 2 N–H and O–H groups in total. The van der Waals surface area contributed by atoms with Gasteiger partial charge in [0.25, 0.3) is 0 Å². The van der Waals surface area contributed by atoms with Gasteiger partial charge in [0.2, 0.25) is 10.0 Å². The Balaban J connectivity index is 1.72. The number of benzene rings is 3. The third-order valence-electron chi connectivity index (χ3n) is 4.02. The summed E-state index contributed by atoms with van der Waals surface area (Å²) in [6.45, 7) is -0.295. The Labute approximate surface area is 159 Å². The van der Waals surface area contributed by atoms with E-state index < -0.39 is 28.2 Å². The van der Waals surface area contributed by atoms with Crippen LogP contribution >= 0.6 is 0 Å². The number of hydrogen-bond acceptors (Lipinski definition) is 4. The van der Waals surface area contributed by atoms with Crippen molar-refractivity contribution in [1.82, 2.24) is 4.72 Å². The Morgan fingerprint density at radius 1 is 0.964 bits per heavy atom. The van der Waals surface area contributed by atoms with Gasteiger partial charge >= 0.3 is 6.36 Å². The maximum Gasteiger partial charge on any atom is 0.573 e. The molecular weight excluding hydrogens is 395 g/mol. The van der Waals surface area contributed by atoms with Crippen LogP contribution in [0, 0.1) is 0 Å². The minimum atomic E-state index is -4.86. The molecule has 0 bridgehead atoms. The van der Waals surface area contributed by atoms with Crippen LogP contribution in [0.5, 0.6) is 5.75 Å². The van der Waals surface area contributed by atoms with Gasteiger partial charge in [-0.2, -0.15) is 0 Å². The van der Waals surface area contributed by atoms with Crippen LogP contribution < -0.4 is 9.46 Å². The van der Waals surface area contributed by atoms with Crippen LogP contribution in [0.4, 0.5) is 13.2 Å². The van der Waals surface area contributed by atoms with Gasteiger partial charge in [-0.1, -0.05) is 42.5 Å². The van der Waals surface area contributed by atoms with Crippen molar-refractivity contribution in [2.75, 3.05) is 6.54 Å². The summed E-state index contributed by atoms with van der Waals surface area (Å²) in [6.07, 6.45) is -5.96. The van der Waals surface area contributed by atoms with E-state index in [-0.39, 0.29) is 11.4 Å². The summed E-state index contributed by atoms with van der Waals surface area (Å²) < 4.78 is 67.2. The van der Waals surface area contributed by atoms with Gasteiger partial charge in [-0.25, -0.2) is 13.1 Å². The third kappa shape index (κ3) is 4.80. The Hall–Kier alpha value is -2.62. The molecule has 0 amide bonds. The molecule has 0 aliphatic heterocycles. The van der Waals surface area contributed by atoms with Gasteiger partial charge in [-0.15, -0.1) is 13.2 Å². The summed E-state index contributed by atoms with van der Waals surface area (Å²) in [7, 11) is -4.02. The van der Waals surface area contributed by atoms with Crippen LogP contribution in [0.15, 0.2) is 71.6 Å². The molecule has 0 unspecified atom stereocenters. The van der Waals surface area contributed by atoms with E-state index in [2.05, 4.69) is 9.46 Å². The van der Waals surface area contributed by atoms with Crippen LogP contribution in [-0.4, -0.2) is 26.4 Å². The molecule has 0 saturated carbocycles. The van der Waals surface area contributed by atoms with Crippen molar-refractivity contribution in [3.63, 3.8) is 0 Å². The highest BCUT2D eigenvalue weighted by Gasteiger charge is 2.31. The molecule has 3 rings (SSSR count). The summed E-state index contributed by atoms with van der Waals surface area (Å²) in [5, 5.41) is 12.1. The predicted octanol–water partition coefficient (Wildman–Crippen LogP) is 3.75. The SMILES string of the molecule is O=S(=O)(NC[C@@H](O)c1cccc2ccccc12)c1ccc(OC(F)(F)F)cc1. The van der Waals surface area contributed by atoms with Crippen LogP contribution in [-0.2, 0) is 10.0 Å². The first kappa shape index (κ1) is 20.1. The molecule has 1 atom stereocenters. The first-order chi connectivity index (χ1) is 13.2. The van der Waals surface area contributed by atoms with Gasteiger partial charge in [0.05, 0.1) is 11.0 Å². The van der Waals surface area contributed by atoms with E-state index in [0.29, 0.717) is 5.56 Å². The fourth-order valence-corrected chi connectivity index (χ4v) is 3.78. The minimum Gasteiger partial charge on any atom is -0.406 e. The zero-order chi connectivity index (χ0) is 20.4. The van der Waals surface area contributed by atoms with E-state index in [1.165, 1.54) is 0 Å². The second-order valence-electron chi connectivity index (χ2n) is 5.96. The van der Waals surface area contributed by atoms with Gasteiger partial charge in [-0.3, -0.25) is 0 Å². The monoisotopic (exact) mass is 411 g/mol. The van der Waals surface area contributed by atoms with E-state index in [1.807, 2.05) is 30.3 Å². The van der Waals surface area contributed by atoms with Gasteiger partial charge in [0, 0.05) is 6.54 Å². The smallest absolute Gasteiger partial charge is 0.406 e. The minimum absolute atomic E-state index is 0.243. The number of alkyl halides is 3. The Morgan fingerprint density at radius 3 is 2.29 bits per heavy atom. The Morgan fingerprint density at radius 2 is 1.61 bits per heavy atom. The normalized spacial score (nSPS) is 13.4. The topological polar surface area (TPSA) is 75.6 Å². The van der Waals surface area contributed by atoms with Crippen molar-refractivity contribution in [1.29, 1.82) is 0 Å². The largest absolute Gasteiger partial charge is 0.573 e. The van der Waals surface area contributed by atoms with Gasteiger partial charge in [0.1, 0.15) is 5.75 Å². The number of nitrogens with one attached hydrogen (secondary N) is 1. The number of hydrogen-bond donors (Lipinski definition) is 2. The zero-order valence-electron chi connectivity index (χ0n) is 14.3. The quantitative estimate of drug-likeness (QED) is 0.648. The second kappa shape index (κ2) is 7.78. The number of aliphatic hydroxyl groups excluding tert-OH is 1. The molecule has 9 heteroatoms. The molecule has 0 radical (unpaired) electrons. The van der Waals surface area contributed by atoms with Crippen molar-refractivity contribution < 1.29 is 31.4 Å². The van der Waals surface area contributed by atoms with Crippen molar-refractivity contribution in [3.8, 4) is 5.75 Å². The van der Waals surface area contributed by atoms with E-state index in [4.69, 9.17) is 0 Å². The molecule has 28 heavy (non-hydrogen) atoms. The van der Waals surface area contributed by atoms with Crippen molar-refractivity contribution >= 4 is 20.8 Å². The second-order valence-corrected chi connectivity index (χ2v) is 7.72. The molecule has 0 aromatic heterocycles. The first-order valence-corrected chi connectivity index (χ1v) is 9.65. The van der Waals surface area contributed by atoms with E-state index in [9.17, 15) is 26.7 Å². The molecule has 0 spiro atoms. The standard InChI is InChI=1S/C19H16F3NO4S/c20-19(21,22)27-14-8-10-15(11-9-14)28(25,26)23-12-18(24)17-7-3-5-13-4-1-2-6-16(13)17/h1-11,18,23-24H,12H2/t18-/m1/s1. The molecule has 0 saturated heterocycles. The Bertz CT molecular complexity index is 1060. The zero-order valence-corrected chi connectivity index (χ0v) is 15.2. The first-order valence-electron chi connectivity index (χ1n) is 8.17. The number of rotatable bonds is 6. The molecule has 0 aliphatic rings. The maximum absolute atomic E-state index is 12.3. The van der Waals surface area contributed by atoms with Gasteiger partial charge in [-0.05, 0) is 40.6 Å². The fourth-order valence-electron chi connectivity index (χ4n) is 2.74. The number of halogens is 3. The molecule has 0 heterocycles. The average Bonchev–Trinajstić information content (AvgIpc) is 2.65. The summed E-state index contributed by atoms with van der Waals surface area (Å²) in [5.74, 6) is -0.526. The highest BCUT2D eigenvalue weighted by Crippen LogP contribution is 2.25. The molecule has 5 nitrogen and oxygen atoms in total. The van der Waals surface area contributed by atoms with E-state index >= 15 is 0 Å². The van der Waals surface area contributed by atoms with E-state index in [0.717, 1.165) is 35.0 Å². The number of sulfonamides is 1. The lowest BCUT2D eigenvalue weighted by Gasteiger charge is -2.15. The molecule has 3 aromatic rings. The van der Waals surface area contributed by atoms with E-state index in [1.54, 1.807) is 12.1 Å². The third-order valence-corrected chi connectivity index (χ3v) is 5.46. The van der Waals surface area contributed by atoms with Crippen LogP contribution in [0.1, 0.15) is 11.7 Å². The number of aliphatic hydroxyl groups is 1. The lowest BCUT2D eigenvalue weighted by Crippen LogP contribution is -2.28. The highest BCUT2D eigenvalue weighted by atomic mass is 32.2.